The molecule has 0 amide bonds. The van der Waals surface area contributed by atoms with Gasteiger partial charge < -0.3 is 0 Å². The van der Waals surface area contributed by atoms with Crippen LogP contribution in [0.1, 0.15) is 11.1 Å². The molecule has 0 fully saturated rings. The van der Waals surface area contributed by atoms with Crippen molar-refractivity contribution < 1.29 is 21.6 Å². The average Bonchev–Trinajstić information content (AvgIpc) is 2.23. The third-order valence-corrected chi connectivity index (χ3v) is 3.07. The normalized spacial score (nSPS) is 13.2. The van der Waals surface area contributed by atoms with Gasteiger partial charge in [-0.2, -0.15) is 18.4 Å². The van der Waals surface area contributed by atoms with Gasteiger partial charge in [0.2, 0.25) is 0 Å². The highest BCUT2D eigenvalue weighted by molar-refractivity contribution is 7.95. The maximum absolute atomic E-state index is 12.6. The molecule has 3 nitrogen and oxygen atoms in total. The van der Waals surface area contributed by atoms with Gasteiger partial charge in [-0.3, -0.25) is 0 Å². The molecule has 18 heavy (non-hydrogen) atoms. The monoisotopic (exact) mass is 275 g/mol. The summed E-state index contributed by atoms with van der Waals surface area (Å²) in [6.07, 6.45) is -3.12. The number of sulfone groups is 1. The first kappa shape index (κ1) is 14.3. The molecule has 0 aliphatic heterocycles. The van der Waals surface area contributed by atoms with Crippen molar-refractivity contribution in [3.05, 3.63) is 40.3 Å². The summed E-state index contributed by atoms with van der Waals surface area (Å²) in [6.45, 7) is 0. The van der Waals surface area contributed by atoms with Crippen molar-refractivity contribution in [2.75, 3.05) is 6.26 Å². The number of nitriles is 1. The zero-order valence-electron chi connectivity index (χ0n) is 9.19. The van der Waals surface area contributed by atoms with Crippen molar-refractivity contribution in [1.82, 2.24) is 0 Å². The molecule has 0 unspecified atom stereocenters. The van der Waals surface area contributed by atoms with E-state index in [1.807, 2.05) is 0 Å². The average molecular weight is 275 g/mol. The van der Waals surface area contributed by atoms with Crippen LogP contribution in [0.5, 0.6) is 0 Å². The van der Waals surface area contributed by atoms with E-state index in [1.165, 1.54) is 18.2 Å². The van der Waals surface area contributed by atoms with Crippen LogP contribution >= 0.6 is 0 Å². The number of hydrogen-bond acceptors (Lipinski definition) is 3. The first-order chi connectivity index (χ1) is 8.16. The summed E-state index contributed by atoms with van der Waals surface area (Å²) in [6, 6.07) is 5.82. The highest BCUT2D eigenvalue weighted by Gasteiger charge is 2.32. The standard InChI is InChI=1S/C11H8F3NO2S/c1-18(16,17)9(7-15)6-8-4-2-3-5-10(8)11(12,13)14/h2-6H,1H3/b9-6+. The summed E-state index contributed by atoms with van der Waals surface area (Å²) < 4.78 is 60.2. The Bertz CT molecular complexity index is 624. The van der Waals surface area contributed by atoms with E-state index in [9.17, 15) is 21.6 Å². The second-order valence-corrected chi connectivity index (χ2v) is 5.46. The van der Waals surface area contributed by atoms with Gasteiger partial charge >= 0.3 is 6.18 Å². The Morgan fingerprint density at radius 1 is 1.33 bits per heavy atom. The van der Waals surface area contributed by atoms with Gasteiger partial charge in [0.05, 0.1) is 5.56 Å². The molecule has 7 heteroatoms. The first-order valence-corrected chi connectivity index (χ1v) is 6.53. The Morgan fingerprint density at radius 3 is 2.33 bits per heavy atom. The lowest BCUT2D eigenvalue weighted by atomic mass is 10.1. The lowest BCUT2D eigenvalue weighted by Crippen LogP contribution is -2.07. The summed E-state index contributed by atoms with van der Waals surface area (Å²) >= 11 is 0. The highest BCUT2D eigenvalue weighted by Crippen LogP contribution is 2.33. The van der Waals surface area contributed by atoms with E-state index < -0.39 is 26.5 Å². The fourth-order valence-corrected chi connectivity index (χ4v) is 1.75. The first-order valence-electron chi connectivity index (χ1n) is 4.64. The van der Waals surface area contributed by atoms with Gasteiger partial charge in [-0.05, 0) is 17.7 Å². The fourth-order valence-electron chi connectivity index (χ4n) is 1.24. The van der Waals surface area contributed by atoms with Crippen LogP contribution < -0.4 is 0 Å². The SMILES string of the molecule is CS(=O)(=O)/C(C#N)=C/c1ccccc1C(F)(F)F. The van der Waals surface area contributed by atoms with Crippen molar-refractivity contribution in [2.24, 2.45) is 0 Å². The van der Waals surface area contributed by atoms with Gasteiger partial charge in [0, 0.05) is 6.26 Å². The summed E-state index contributed by atoms with van der Waals surface area (Å²) in [5, 5.41) is 8.64. The molecule has 0 bridgehead atoms. The maximum atomic E-state index is 12.6. The molecule has 0 heterocycles. The van der Waals surface area contributed by atoms with Crippen molar-refractivity contribution in [1.29, 1.82) is 5.26 Å². The number of halogens is 3. The smallest absolute Gasteiger partial charge is 0.223 e. The number of nitrogens with zero attached hydrogens (tertiary/aromatic N) is 1. The van der Waals surface area contributed by atoms with E-state index in [4.69, 9.17) is 5.26 Å². The van der Waals surface area contributed by atoms with E-state index in [2.05, 4.69) is 0 Å². The summed E-state index contributed by atoms with van der Waals surface area (Å²) in [5.41, 5.74) is -1.34. The zero-order valence-corrected chi connectivity index (χ0v) is 10.0. The van der Waals surface area contributed by atoms with E-state index >= 15 is 0 Å². The van der Waals surface area contributed by atoms with Crippen LogP contribution in [0.4, 0.5) is 13.2 Å². The van der Waals surface area contributed by atoms with Crippen LogP contribution in [0.25, 0.3) is 6.08 Å². The van der Waals surface area contributed by atoms with Crippen LogP contribution in [0.15, 0.2) is 29.2 Å². The second-order valence-electron chi connectivity index (χ2n) is 3.48. The van der Waals surface area contributed by atoms with Gasteiger partial charge in [-0.15, -0.1) is 0 Å². The lowest BCUT2D eigenvalue weighted by Gasteiger charge is -2.09. The molecule has 0 N–H and O–H groups in total. The molecule has 0 aliphatic carbocycles. The van der Waals surface area contributed by atoms with E-state index in [1.54, 1.807) is 0 Å². The molecule has 0 aliphatic rings. The molecule has 0 radical (unpaired) electrons. The highest BCUT2D eigenvalue weighted by atomic mass is 32.2. The summed E-state index contributed by atoms with van der Waals surface area (Å²) in [4.78, 5) is -0.709. The van der Waals surface area contributed by atoms with Crippen molar-refractivity contribution in [3.63, 3.8) is 0 Å². The zero-order chi connectivity index (χ0) is 14.0. The Morgan fingerprint density at radius 2 is 1.89 bits per heavy atom. The van der Waals surface area contributed by atoms with Gasteiger partial charge in [0.1, 0.15) is 11.0 Å². The fraction of sp³-hybridized carbons (Fsp3) is 0.182. The minimum atomic E-state index is -4.61. The van der Waals surface area contributed by atoms with Crippen LogP contribution in [-0.4, -0.2) is 14.7 Å². The van der Waals surface area contributed by atoms with Gasteiger partial charge in [0.25, 0.3) is 0 Å². The van der Waals surface area contributed by atoms with Gasteiger partial charge in [-0.25, -0.2) is 8.42 Å². The predicted octanol–water partition coefficient (Wildman–Crippen LogP) is 2.61. The third-order valence-electron chi connectivity index (χ3n) is 2.06. The van der Waals surface area contributed by atoms with E-state index in [-0.39, 0.29) is 5.56 Å². The molecular weight excluding hydrogens is 267 g/mol. The Hall–Kier alpha value is -1.81. The third kappa shape index (κ3) is 3.34. The molecule has 96 valence electrons. The number of hydrogen-bond donors (Lipinski definition) is 0. The van der Waals surface area contributed by atoms with Crippen LogP contribution in [0.3, 0.4) is 0 Å². The molecule has 1 aromatic carbocycles. The summed E-state index contributed by atoms with van der Waals surface area (Å²) in [7, 11) is -3.84. The van der Waals surface area contributed by atoms with Crippen LogP contribution in [0, 0.1) is 11.3 Å². The minimum Gasteiger partial charge on any atom is -0.223 e. The molecular formula is C11H8F3NO2S. The van der Waals surface area contributed by atoms with Crippen molar-refractivity contribution >= 4 is 15.9 Å². The van der Waals surface area contributed by atoms with Crippen LogP contribution in [-0.2, 0) is 16.0 Å². The number of rotatable bonds is 2. The lowest BCUT2D eigenvalue weighted by molar-refractivity contribution is -0.137. The van der Waals surface area contributed by atoms with Crippen LogP contribution in [0.2, 0.25) is 0 Å². The molecule has 1 aromatic rings. The predicted molar refractivity (Wildman–Crippen MR) is 59.9 cm³/mol. The minimum absolute atomic E-state index is 0.355. The Labute approximate surface area is 102 Å². The molecule has 0 aromatic heterocycles. The molecule has 0 saturated heterocycles. The number of alkyl halides is 3. The van der Waals surface area contributed by atoms with Crippen molar-refractivity contribution in [2.45, 2.75) is 6.18 Å². The van der Waals surface area contributed by atoms with Gasteiger partial charge in [-0.1, -0.05) is 18.2 Å². The quantitative estimate of drug-likeness (QED) is 0.779. The van der Waals surface area contributed by atoms with E-state index in [0.717, 1.165) is 24.5 Å². The number of allylic oxidation sites excluding steroid dienone is 1. The van der Waals surface area contributed by atoms with Gasteiger partial charge in [0.15, 0.2) is 9.84 Å². The van der Waals surface area contributed by atoms with E-state index in [0.29, 0.717) is 0 Å². The molecule has 0 atom stereocenters. The second kappa shape index (κ2) is 4.82. The molecule has 0 saturated carbocycles. The Balaban J connectivity index is 3.46. The topological polar surface area (TPSA) is 57.9 Å². The Kier molecular flexibility index (Phi) is 3.82. The van der Waals surface area contributed by atoms with Crippen molar-refractivity contribution in [3.8, 4) is 6.07 Å². The maximum Gasteiger partial charge on any atom is 0.416 e. The largest absolute Gasteiger partial charge is 0.416 e. The number of benzene rings is 1. The molecule has 0 spiro atoms. The molecule has 1 rings (SSSR count). The summed E-state index contributed by atoms with van der Waals surface area (Å²) in [5.74, 6) is 0.